The molecule has 0 aliphatic carbocycles. The Morgan fingerprint density at radius 3 is 1.00 bits per heavy atom. The Morgan fingerprint density at radius 1 is 0.667 bits per heavy atom. The largest absolute Gasteiger partial charge is 2.00 e. The Labute approximate surface area is 136 Å². The van der Waals surface area contributed by atoms with Gasteiger partial charge in [-0.25, -0.2) is 0 Å². The third-order valence-electron chi connectivity index (χ3n) is 6.20. The average Bonchev–Trinajstić information content (AvgIpc) is 1.96. The number of hydrogen-bond acceptors (Lipinski definition) is 0. The summed E-state index contributed by atoms with van der Waals surface area (Å²) in [4.78, 5) is 0. The van der Waals surface area contributed by atoms with Gasteiger partial charge in [0.15, 0.2) is 0 Å². The fourth-order valence-corrected chi connectivity index (χ4v) is 28.1. The summed E-state index contributed by atoms with van der Waals surface area (Å²) in [5.74, 6) is 1.74. The second-order valence-corrected chi connectivity index (χ2v) is 27.8. The Bertz CT molecular complexity index is 204. The molecule has 104 valence electrons. The van der Waals surface area contributed by atoms with Gasteiger partial charge in [0, 0.05) is 0 Å². The first-order valence-electron chi connectivity index (χ1n) is 7.83. The van der Waals surface area contributed by atoms with Gasteiger partial charge >= 0.3 is 137 Å². The summed E-state index contributed by atoms with van der Waals surface area (Å²) in [6.07, 6.45) is 0. The van der Waals surface area contributed by atoms with Crippen LogP contribution in [0.3, 0.4) is 0 Å². The predicted octanol–water partition coefficient (Wildman–Crippen LogP) is 6.34. The van der Waals surface area contributed by atoms with Crippen molar-refractivity contribution in [2.24, 2.45) is 11.8 Å². The molecule has 0 rings (SSSR count). The molecule has 0 saturated heterocycles. The van der Waals surface area contributed by atoms with Crippen LogP contribution < -0.4 is 0 Å². The maximum Gasteiger partial charge on any atom is 2.00 e. The van der Waals surface area contributed by atoms with Gasteiger partial charge in [-0.3, -0.25) is 0 Å². The van der Waals surface area contributed by atoms with E-state index in [0.29, 0.717) is 8.02 Å². The smallest absolute Gasteiger partial charge is 2.00 e. The van der Waals surface area contributed by atoms with Crippen molar-refractivity contribution < 1.29 is 14.8 Å². The molecule has 0 bridgehead atoms. The van der Waals surface area contributed by atoms with Crippen molar-refractivity contribution in [1.29, 1.82) is 0 Å². The van der Waals surface area contributed by atoms with Gasteiger partial charge in [0.25, 0.3) is 0 Å². The average molecular weight is 318 g/mol. The Hall–Kier alpha value is 1.39. The first-order chi connectivity index (χ1) is 7.33. The van der Waals surface area contributed by atoms with E-state index in [0.717, 1.165) is 11.8 Å². The number of rotatable bonds is 4. The minimum atomic E-state index is -2.33. The van der Waals surface area contributed by atoms with Crippen molar-refractivity contribution in [3.8, 4) is 0 Å². The summed E-state index contributed by atoms with van der Waals surface area (Å²) in [5.41, 5.74) is 0. The summed E-state index contributed by atoms with van der Waals surface area (Å²) < 4.78 is 1.16. The summed E-state index contributed by atoms with van der Waals surface area (Å²) >= 11 is -2.33. The molecule has 18 heavy (non-hydrogen) atoms. The molecule has 0 radical (unpaired) electrons. The zero-order valence-corrected chi connectivity index (χ0v) is 19.4. The molecule has 0 aromatic heterocycles. The van der Waals surface area contributed by atoms with E-state index in [1.165, 1.54) is 0 Å². The van der Waals surface area contributed by atoms with E-state index in [2.05, 4.69) is 69.2 Å². The monoisotopic (exact) mass is 316 g/mol. The van der Waals surface area contributed by atoms with Crippen molar-refractivity contribution in [2.45, 2.75) is 87.3 Å². The Balaban J connectivity index is 0. The van der Waals surface area contributed by atoms with E-state index in [4.69, 9.17) is 0 Å². The van der Waals surface area contributed by atoms with E-state index in [9.17, 15) is 0 Å². The third-order valence-corrected chi connectivity index (χ3v) is 32.2. The van der Waals surface area contributed by atoms with Crippen molar-refractivity contribution in [3.05, 3.63) is 0 Å². The maximum atomic E-state index is 2.53. The summed E-state index contributed by atoms with van der Waals surface area (Å²) in [5, 5.41) is 3.10. The fourth-order valence-electron chi connectivity index (χ4n) is 5.41. The summed E-state index contributed by atoms with van der Waals surface area (Å²) in [6, 6.07) is 0. The molecule has 0 amide bonds. The third kappa shape index (κ3) is 5.41. The second-order valence-electron chi connectivity index (χ2n) is 10.0. The zero-order chi connectivity index (χ0) is 14.1. The van der Waals surface area contributed by atoms with Crippen molar-refractivity contribution in [2.75, 3.05) is 0 Å². The van der Waals surface area contributed by atoms with Crippen LogP contribution in [0.1, 0.15) is 69.2 Å². The second kappa shape index (κ2) is 7.41. The van der Waals surface area contributed by atoms with Crippen LogP contribution in [-0.2, 0) is 14.8 Å². The first kappa shape index (κ1) is 21.7. The van der Waals surface area contributed by atoms with E-state index >= 15 is 0 Å². The Kier molecular flexibility index (Phi) is 8.93. The molecular formula is C16H36MgZn. The molecule has 0 N–H and O–H groups in total. The summed E-state index contributed by atoms with van der Waals surface area (Å²) in [7, 11) is 0. The van der Waals surface area contributed by atoms with Crippen LogP contribution in [0.25, 0.3) is 0 Å². The van der Waals surface area contributed by atoms with E-state index in [1.807, 2.05) is 0 Å². The minimum Gasteiger partial charge on any atom is 2.00 e. The SMILES string of the molecule is CC(C)[CH2][Zn-2]([CH2]C(C)C)([C](C)(C)C)[C](C)(C)C.[Mg+2]. The Morgan fingerprint density at radius 2 is 0.889 bits per heavy atom. The molecule has 0 saturated carbocycles. The van der Waals surface area contributed by atoms with Crippen LogP contribution in [0.4, 0.5) is 0 Å². The molecular weight excluding hydrogens is 282 g/mol. The topological polar surface area (TPSA) is 0 Å². The maximum absolute atomic E-state index is 2.53. The van der Waals surface area contributed by atoms with E-state index in [-0.39, 0.29) is 23.1 Å². The molecule has 0 aromatic rings. The zero-order valence-electron chi connectivity index (χ0n) is 15.0. The molecule has 0 nitrogen and oxygen atoms in total. The van der Waals surface area contributed by atoms with Gasteiger partial charge in [0.1, 0.15) is 0 Å². The van der Waals surface area contributed by atoms with Gasteiger partial charge < -0.3 is 0 Å². The van der Waals surface area contributed by atoms with Crippen molar-refractivity contribution in [1.82, 2.24) is 0 Å². The number of hydrogen-bond donors (Lipinski definition) is 0. The van der Waals surface area contributed by atoms with Crippen molar-refractivity contribution >= 4 is 23.1 Å². The van der Waals surface area contributed by atoms with Gasteiger partial charge in [0.2, 0.25) is 0 Å². The van der Waals surface area contributed by atoms with Crippen LogP contribution in [0.5, 0.6) is 0 Å². The standard InChI is InChI=1S/4C4H9.Mg.Zn/c4*1-4(2)3;;/h2*1-3H3;2*4H,1H2,2-3H3;;/q;;;;+2;-2. The van der Waals surface area contributed by atoms with Crippen LogP contribution in [-0.4, -0.2) is 23.1 Å². The molecule has 0 aliphatic heterocycles. The quantitative estimate of drug-likeness (QED) is 0.530. The fraction of sp³-hybridized carbons (Fsp3) is 1.00. The van der Waals surface area contributed by atoms with Crippen LogP contribution in [0.2, 0.25) is 18.0 Å². The molecule has 0 fully saturated rings. The molecule has 0 heterocycles. The van der Waals surface area contributed by atoms with Crippen LogP contribution >= 0.6 is 0 Å². The van der Waals surface area contributed by atoms with Gasteiger partial charge in [-0.1, -0.05) is 0 Å². The molecule has 0 aliphatic rings. The molecule has 2 heteroatoms. The van der Waals surface area contributed by atoms with E-state index in [1.54, 1.807) is 10.0 Å². The first-order valence-corrected chi connectivity index (χ1v) is 15.0. The van der Waals surface area contributed by atoms with Gasteiger partial charge in [-0.15, -0.1) is 0 Å². The van der Waals surface area contributed by atoms with Crippen LogP contribution in [0.15, 0.2) is 0 Å². The molecule has 0 aromatic carbocycles. The van der Waals surface area contributed by atoms with Gasteiger partial charge in [-0.05, 0) is 0 Å². The minimum absolute atomic E-state index is 0. The molecule has 0 unspecified atom stereocenters. The van der Waals surface area contributed by atoms with Crippen molar-refractivity contribution in [3.63, 3.8) is 0 Å². The summed E-state index contributed by atoms with van der Waals surface area (Å²) in [6.45, 7) is 24.9. The van der Waals surface area contributed by atoms with E-state index < -0.39 is 14.8 Å². The molecule has 0 atom stereocenters. The molecule has 0 spiro atoms. The van der Waals surface area contributed by atoms with Gasteiger partial charge in [-0.2, -0.15) is 0 Å². The van der Waals surface area contributed by atoms with Crippen LogP contribution in [0, 0.1) is 11.8 Å². The predicted molar refractivity (Wildman–Crippen MR) is 84.5 cm³/mol. The normalized spacial score (nSPS) is 14.0. The van der Waals surface area contributed by atoms with Gasteiger partial charge in [0.05, 0.1) is 0 Å².